The van der Waals surface area contributed by atoms with Crippen LogP contribution in [0.1, 0.15) is 19.0 Å². The van der Waals surface area contributed by atoms with E-state index in [1.165, 1.54) is 10.6 Å². The van der Waals surface area contributed by atoms with E-state index in [0.717, 1.165) is 0 Å². The Morgan fingerprint density at radius 3 is 3.00 bits per heavy atom. The molecule has 1 fully saturated rings. The highest BCUT2D eigenvalue weighted by atomic mass is 16.4. The molecule has 0 spiro atoms. The smallest absolute Gasteiger partial charge is 0.308 e. The number of aromatic amines is 1. The molecule has 0 saturated carbocycles. The lowest BCUT2D eigenvalue weighted by Crippen LogP contribution is -2.24. The lowest BCUT2D eigenvalue weighted by molar-refractivity contribution is -0.140. The number of nitrogens with one attached hydrogen (secondary N) is 1. The second kappa shape index (κ2) is 4.62. The molecular weight excluding hydrogens is 262 g/mol. The second-order valence-electron chi connectivity index (χ2n) is 4.89. The van der Waals surface area contributed by atoms with Crippen LogP contribution >= 0.6 is 0 Å². The van der Waals surface area contributed by atoms with Gasteiger partial charge in [-0.2, -0.15) is 9.50 Å². The number of H-pyrrole nitrogens is 1. The Morgan fingerprint density at radius 1 is 1.55 bits per heavy atom. The highest BCUT2D eigenvalue weighted by Gasteiger charge is 2.29. The summed E-state index contributed by atoms with van der Waals surface area (Å²) in [7, 11) is 0. The minimum Gasteiger partial charge on any atom is -0.481 e. The van der Waals surface area contributed by atoms with Gasteiger partial charge in [0.05, 0.1) is 5.92 Å². The second-order valence-corrected chi connectivity index (χ2v) is 4.89. The Labute approximate surface area is 114 Å². The van der Waals surface area contributed by atoms with Crippen molar-refractivity contribution in [3.05, 3.63) is 22.1 Å². The number of aromatic nitrogens is 4. The van der Waals surface area contributed by atoms with E-state index in [0.29, 0.717) is 43.4 Å². The molecule has 1 aliphatic heterocycles. The van der Waals surface area contributed by atoms with Gasteiger partial charge in [-0.3, -0.25) is 14.7 Å². The summed E-state index contributed by atoms with van der Waals surface area (Å²) in [5.41, 5.74) is 0.484. The van der Waals surface area contributed by atoms with Gasteiger partial charge < -0.3 is 10.0 Å². The Balaban J connectivity index is 1.96. The first-order valence-corrected chi connectivity index (χ1v) is 6.55. The third kappa shape index (κ3) is 2.02. The highest BCUT2D eigenvalue weighted by molar-refractivity contribution is 5.71. The largest absolute Gasteiger partial charge is 0.481 e. The lowest BCUT2D eigenvalue weighted by Gasteiger charge is -2.12. The molecule has 0 aliphatic carbocycles. The number of fused-ring (bicyclic) bond motifs is 1. The van der Waals surface area contributed by atoms with Crippen LogP contribution in [0.2, 0.25) is 0 Å². The van der Waals surface area contributed by atoms with Crippen LogP contribution < -0.4 is 10.5 Å². The van der Waals surface area contributed by atoms with Crippen molar-refractivity contribution in [3.63, 3.8) is 0 Å². The third-order valence-corrected chi connectivity index (χ3v) is 3.57. The van der Waals surface area contributed by atoms with Crippen molar-refractivity contribution < 1.29 is 9.90 Å². The van der Waals surface area contributed by atoms with Gasteiger partial charge in [0.25, 0.3) is 11.3 Å². The van der Waals surface area contributed by atoms with Crippen molar-refractivity contribution in [2.45, 2.75) is 19.8 Å². The van der Waals surface area contributed by atoms with Crippen LogP contribution in [0, 0.1) is 5.92 Å². The Bertz CT molecular complexity index is 719. The van der Waals surface area contributed by atoms with E-state index >= 15 is 0 Å². The summed E-state index contributed by atoms with van der Waals surface area (Å²) in [6.45, 7) is 2.92. The Kier molecular flexibility index (Phi) is 2.92. The zero-order valence-corrected chi connectivity index (χ0v) is 11.0. The molecule has 3 heterocycles. The average Bonchev–Trinajstić information content (AvgIpc) is 3.04. The topological polar surface area (TPSA) is 104 Å². The molecule has 0 aromatic carbocycles. The maximum atomic E-state index is 11.9. The summed E-state index contributed by atoms with van der Waals surface area (Å²) in [6, 6.07) is 1.47. The highest BCUT2D eigenvalue weighted by Crippen LogP contribution is 2.21. The number of rotatable bonds is 3. The molecule has 106 valence electrons. The molecule has 8 nitrogen and oxygen atoms in total. The molecule has 0 radical (unpaired) electrons. The van der Waals surface area contributed by atoms with E-state index in [4.69, 9.17) is 5.11 Å². The molecule has 1 saturated heterocycles. The Morgan fingerprint density at radius 2 is 2.35 bits per heavy atom. The van der Waals surface area contributed by atoms with Crippen molar-refractivity contribution >= 4 is 17.7 Å². The standard InChI is InChI=1S/C12H15N5O3/c1-2-8-5-9(18)17-11(13-8)14-12(15-17)16-4-3-7(6-16)10(19)20/h5,7H,2-4,6H2,1H3,(H,19,20)(H,13,14,15)/t7-/m1/s1. The number of aryl methyl sites for hydroxylation is 1. The van der Waals surface area contributed by atoms with Crippen LogP contribution in [-0.4, -0.2) is 43.7 Å². The maximum Gasteiger partial charge on any atom is 0.308 e. The van der Waals surface area contributed by atoms with E-state index in [-0.39, 0.29) is 11.5 Å². The maximum absolute atomic E-state index is 11.9. The van der Waals surface area contributed by atoms with Gasteiger partial charge in [-0.15, -0.1) is 0 Å². The summed E-state index contributed by atoms with van der Waals surface area (Å²) in [6.07, 6.45) is 1.24. The molecule has 1 atom stereocenters. The number of carbonyl (C=O) groups is 1. The van der Waals surface area contributed by atoms with Crippen molar-refractivity contribution in [2.75, 3.05) is 18.0 Å². The van der Waals surface area contributed by atoms with Gasteiger partial charge in [0.1, 0.15) is 0 Å². The van der Waals surface area contributed by atoms with Gasteiger partial charge in [-0.05, 0) is 12.8 Å². The third-order valence-electron chi connectivity index (χ3n) is 3.57. The number of nitrogens with zero attached hydrogens (tertiary/aromatic N) is 4. The average molecular weight is 277 g/mol. The van der Waals surface area contributed by atoms with Crippen LogP contribution in [0.5, 0.6) is 0 Å². The molecule has 3 rings (SSSR count). The molecule has 2 aromatic rings. The van der Waals surface area contributed by atoms with Gasteiger partial charge in [0.2, 0.25) is 5.95 Å². The van der Waals surface area contributed by atoms with E-state index < -0.39 is 5.97 Å². The fourth-order valence-corrected chi connectivity index (χ4v) is 2.39. The van der Waals surface area contributed by atoms with Crippen LogP contribution in [0.4, 0.5) is 5.95 Å². The van der Waals surface area contributed by atoms with Crippen LogP contribution in [0.25, 0.3) is 5.78 Å². The molecule has 0 bridgehead atoms. The van der Waals surface area contributed by atoms with Crippen molar-refractivity contribution in [1.29, 1.82) is 0 Å². The normalized spacial score (nSPS) is 18.9. The fourth-order valence-electron chi connectivity index (χ4n) is 2.39. The quantitative estimate of drug-likeness (QED) is 0.811. The predicted octanol–water partition coefficient (Wildman–Crippen LogP) is -0.109. The minimum atomic E-state index is -0.799. The molecular formula is C12H15N5O3. The van der Waals surface area contributed by atoms with Crippen molar-refractivity contribution in [1.82, 2.24) is 19.6 Å². The number of aliphatic carboxylic acids is 1. The first kappa shape index (κ1) is 12.6. The van der Waals surface area contributed by atoms with E-state index in [1.807, 2.05) is 11.8 Å². The molecule has 2 N–H and O–H groups in total. The van der Waals surface area contributed by atoms with Gasteiger partial charge >= 0.3 is 5.97 Å². The van der Waals surface area contributed by atoms with Crippen molar-refractivity contribution in [3.8, 4) is 0 Å². The number of hydrogen-bond acceptors (Lipinski definition) is 5. The monoisotopic (exact) mass is 277 g/mol. The molecule has 0 amide bonds. The Hall–Kier alpha value is -2.38. The zero-order valence-electron chi connectivity index (χ0n) is 11.0. The van der Waals surface area contributed by atoms with Gasteiger partial charge in [0.15, 0.2) is 0 Å². The molecule has 20 heavy (non-hydrogen) atoms. The number of carboxylic acids is 1. The number of carboxylic acid groups (broad SMARTS) is 1. The molecule has 2 aromatic heterocycles. The number of anilines is 1. The predicted molar refractivity (Wildman–Crippen MR) is 70.9 cm³/mol. The summed E-state index contributed by atoms with van der Waals surface area (Å²) in [5.74, 6) is -0.374. The molecule has 8 heteroatoms. The summed E-state index contributed by atoms with van der Waals surface area (Å²) < 4.78 is 1.28. The number of hydrogen-bond donors (Lipinski definition) is 2. The lowest BCUT2D eigenvalue weighted by atomic mass is 10.1. The first-order valence-electron chi connectivity index (χ1n) is 6.55. The van der Waals surface area contributed by atoms with Gasteiger partial charge in [-0.25, -0.2) is 4.98 Å². The first-order chi connectivity index (χ1) is 9.58. The summed E-state index contributed by atoms with van der Waals surface area (Å²) in [4.78, 5) is 33.3. The summed E-state index contributed by atoms with van der Waals surface area (Å²) in [5, 5.41) is 11.9. The van der Waals surface area contributed by atoms with Gasteiger partial charge in [0, 0.05) is 24.8 Å². The van der Waals surface area contributed by atoms with Crippen LogP contribution in [0.3, 0.4) is 0 Å². The molecule has 0 unspecified atom stereocenters. The fraction of sp³-hybridized carbons (Fsp3) is 0.500. The van der Waals surface area contributed by atoms with E-state index in [2.05, 4.69) is 15.1 Å². The van der Waals surface area contributed by atoms with Crippen LogP contribution in [0.15, 0.2) is 10.9 Å². The SMILES string of the molecule is CCc1cc(=O)n2[nH]c(N3CC[C@@H](C(=O)O)C3)nc2n1. The van der Waals surface area contributed by atoms with Crippen LogP contribution in [-0.2, 0) is 11.2 Å². The van der Waals surface area contributed by atoms with Crippen molar-refractivity contribution in [2.24, 2.45) is 5.92 Å². The van der Waals surface area contributed by atoms with Gasteiger partial charge in [-0.1, -0.05) is 6.92 Å². The van der Waals surface area contributed by atoms with E-state index in [9.17, 15) is 9.59 Å². The summed E-state index contributed by atoms with van der Waals surface area (Å²) >= 11 is 0. The minimum absolute atomic E-state index is 0.209. The molecule has 1 aliphatic rings. The zero-order chi connectivity index (χ0) is 14.3. The van der Waals surface area contributed by atoms with E-state index in [1.54, 1.807) is 0 Å².